The van der Waals surface area contributed by atoms with Crippen LogP contribution in [0.2, 0.25) is 0 Å². The lowest BCUT2D eigenvalue weighted by atomic mass is 10.0. The molecule has 3 amide bonds. The molecule has 0 bridgehead atoms. The number of nitrogens with zero attached hydrogens (tertiary/aromatic N) is 2. The van der Waals surface area contributed by atoms with Gasteiger partial charge in [0.2, 0.25) is 11.8 Å². The summed E-state index contributed by atoms with van der Waals surface area (Å²) in [5.41, 5.74) is 0.663. The lowest BCUT2D eigenvalue weighted by molar-refractivity contribution is -0.138. The monoisotopic (exact) mass is 331 g/mol. The third-order valence-electron chi connectivity index (χ3n) is 4.19. The minimum absolute atomic E-state index is 0.00929. The first kappa shape index (κ1) is 18.0. The first-order chi connectivity index (χ1) is 11.4. The van der Waals surface area contributed by atoms with E-state index >= 15 is 0 Å². The largest absolute Gasteiger partial charge is 0.344 e. The fraction of sp³-hybridized carbons (Fsp3) is 0.500. The Morgan fingerprint density at radius 2 is 1.50 bits per heavy atom. The van der Waals surface area contributed by atoms with Crippen LogP contribution in [0.15, 0.2) is 30.3 Å². The molecule has 6 heteroatoms. The highest BCUT2D eigenvalue weighted by molar-refractivity contribution is 5.94. The van der Waals surface area contributed by atoms with Gasteiger partial charge >= 0.3 is 0 Å². The van der Waals surface area contributed by atoms with E-state index in [1.807, 2.05) is 32.0 Å². The van der Waals surface area contributed by atoms with Crippen LogP contribution >= 0.6 is 0 Å². The summed E-state index contributed by atoms with van der Waals surface area (Å²) in [5, 5.41) is 2.73. The van der Waals surface area contributed by atoms with Gasteiger partial charge in [-0.3, -0.25) is 14.4 Å². The van der Waals surface area contributed by atoms with Gasteiger partial charge in [-0.15, -0.1) is 0 Å². The number of nitrogens with one attached hydrogen (secondary N) is 1. The third-order valence-corrected chi connectivity index (χ3v) is 4.19. The molecule has 6 nitrogen and oxygen atoms in total. The van der Waals surface area contributed by atoms with Gasteiger partial charge in [-0.25, -0.2) is 0 Å². The van der Waals surface area contributed by atoms with Crippen molar-refractivity contribution in [3.63, 3.8) is 0 Å². The molecule has 1 aromatic rings. The second-order valence-corrected chi connectivity index (χ2v) is 6.41. The zero-order valence-electron chi connectivity index (χ0n) is 14.5. The summed E-state index contributed by atoms with van der Waals surface area (Å²) < 4.78 is 0. The van der Waals surface area contributed by atoms with E-state index in [2.05, 4.69) is 5.32 Å². The van der Waals surface area contributed by atoms with Gasteiger partial charge in [0, 0.05) is 38.7 Å². The topological polar surface area (TPSA) is 69.7 Å². The molecule has 0 spiro atoms. The minimum atomic E-state index is -0.515. The molecule has 1 aromatic carbocycles. The molecule has 1 N–H and O–H groups in total. The summed E-state index contributed by atoms with van der Waals surface area (Å²) in [6.45, 7) is 7.22. The van der Waals surface area contributed by atoms with Crippen molar-refractivity contribution in [2.75, 3.05) is 26.2 Å². The van der Waals surface area contributed by atoms with Gasteiger partial charge in [0.25, 0.3) is 5.91 Å². The predicted molar refractivity (Wildman–Crippen MR) is 91.4 cm³/mol. The zero-order valence-corrected chi connectivity index (χ0v) is 14.5. The highest BCUT2D eigenvalue weighted by Gasteiger charge is 2.31. The van der Waals surface area contributed by atoms with Crippen molar-refractivity contribution in [1.29, 1.82) is 0 Å². The van der Waals surface area contributed by atoms with E-state index in [1.54, 1.807) is 21.9 Å². The van der Waals surface area contributed by atoms with Gasteiger partial charge in [-0.1, -0.05) is 32.0 Å². The van der Waals surface area contributed by atoms with Gasteiger partial charge in [0.1, 0.15) is 6.04 Å². The van der Waals surface area contributed by atoms with Crippen LogP contribution in [0.3, 0.4) is 0 Å². The van der Waals surface area contributed by atoms with E-state index in [9.17, 15) is 14.4 Å². The molecule has 1 aliphatic heterocycles. The average Bonchev–Trinajstić information content (AvgIpc) is 2.59. The Hall–Kier alpha value is -2.37. The quantitative estimate of drug-likeness (QED) is 0.899. The SMILES string of the molecule is CC(=O)NC(C(=O)N1CCN(C(=O)c2ccccc2)CC1)C(C)C. The van der Waals surface area contributed by atoms with Crippen LogP contribution in [0.5, 0.6) is 0 Å². The number of carbonyl (C=O) groups excluding carboxylic acids is 3. The zero-order chi connectivity index (χ0) is 17.7. The first-order valence-corrected chi connectivity index (χ1v) is 8.30. The van der Waals surface area contributed by atoms with Gasteiger partial charge in [0.15, 0.2) is 0 Å². The lowest BCUT2D eigenvalue weighted by Crippen LogP contribution is -2.57. The first-order valence-electron chi connectivity index (χ1n) is 8.30. The molecule has 1 heterocycles. The molecule has 0 saturated carbocycles. The van der Waals surface area contributed by atoms with Crippen molar-refractivity contribution in [3.8, 4) is 0 Å². The van der Waals surface area contributed by atoms with Crippen molar-refractivity contribution in [2.45, 2.75) is 26.8 Å². The molecule has 1 atom stereocenters. The molecule has 0 aliphatic carbocycles. The lowest BCUT2D eigenvalue weighted by Gasteiger charge is -2.37. The summed E-state index contributed by atoms with van der Waals surface area (Å²) in [7, 11) is 0. The molecule has 130 valence electrons. The second kappa shape index (κ2) is 7.95. The Labute approximate surface area is 142 Å². The summed E-state index contributed by atoms with van der Waals surface area (Å²) in [6, 6.07) is 8.64. The number of amides is 3. The molecule has 1 fully saturated rings. The molecule has 1 saturated heterocycles. The predicted octanol–water partition coefficient (Wildman–Crippen LogP) is 1.13. The number of benzene rings is 1. The Morgan fingerprint density at radius 3 is 2.00 bits per heavy atom. The third kappa shape index (κ3) is 4.34. The fourth-order valence-electron chi connectivity index (χ4n) is 2.82. The highest BCUT2D eigenvalue weighted by Crippen LogP contribution is 2.12. The van der Waals surface area contributed by atoms with Crippen LogP contribution in [-0.4, -0.2) is 59.7 Å². The number of piperazine rings is 1. The van der Waals surface area contributed by atoms with Crippen molar-refractivity contribution in [1.82, 2.24) is 15.1 Å². The molecule has 2 rings (SSSR count). The number of hydrogen-bond acceptors (Lipinski definition) is 3. The molecule has 0 radical (unpaired) electrons. The standard InChI is InChI=1S/C18H25N3O3/c1-13(2)16(19-14(3)22)18(24)21-11-9-20(10-12-21)17(23)15-7-5-4-6-8-15/h4-8,13,16H,9-12H2,1-3H3,(H,19,22). The van der Waals surface area contributed by atoms with Gasteiger partial charge in [0.05, 0.1) is 0 Å². The van der Waals surface area contributed by atoms with Crippen LogP contribution in [0.1, 0.15) is 31.1 Å². The number of hydrogen-bond donors (Lipinski definition) is 1. The van der Waals surface area contributed by atoms with E-state index in [4.69, 9.17) is 0 Å². The molecule has 1 unspecified atom stereocenters. The Bertz CT molecular complexity index is 593. The van der Waals surface area contributed by atoms with Crippen LogP contribution in [0.25, 0.3) is 0 Å². The Morgan fingerprint density at radius 1 is 0.958 bits per heavy atom. The summed E-state index contributed by atoms with van der Waals surface area (Å²) in [5.74, 6) is -0.276. The van der Waals surface area contributed by atoms with Crippen molar-refractivity contribution in [2.24, 2.45) is 5.92 Å². The summed E-state index contributed by atoms with van der Waals surface area (Å²) in [4.78, 5) is 39.9. The fourth-order valence-corrected chi connectivity index (χ4v) is 2.82. The van der Waals surface area contributed by atoms with Gasteiger partial charge < -0.3 is 15.1 Å². The Balaban J connectivity index is 1.95. The molecule has 1 aliphatic rings. The number of rotatable bonds is 4. The molecule has 0 aromatic heterocycles. The highest BCUT2D eigenvalue weighted by atomic mass is 16.2. The molecular weight excluding hydrogens is 306 g/mol. The molecule has 24 heavy (non-hydrogen) atoms. The second-order valence-electron chi connectivity index (χ2n) is 6.41. The smallest absolute Gasteiger partial charge is 0.253 e. The van der Waals surface area contributed by atoms with Crippen LogP contribution in [0, 0.1) is 5.92 Å². The maximum absolute atomic E-state index is 12.6. The van der Waals surface area contributed by atoms with Gasteiger partial charge in [-0.2, -0.15) is 0 Å². The van der Waals surface area contributed by atoms with E-state index in [0.29, 0.717) is 31.7 Å². The van der Waals surface area contributed by atoms with Crippen LogP contribution < -0.4 is 5.32 Å². The maximum Gasteiger partial charge on any atom is 0.253 e. The van der Waals surface area contributed by atoms with Crippen LogP contribution in [-0.2, 0) is 9.59 Å². The maximum atomic E-state index is 12.6. The Kier molecular flexibility index (Phi) is 5.95. The van der Waals surface area contributed by atoms with E-state index in [0.717, 1.165) is 0 Å². The van der Waals surface area contributed by atoms with E-state index in [1.165, 1.54) is 6.92 Å². The van der Waals surface area contributed by atoms with Crippen molar-refractivity contribution < 1.29 is 14.4 Å². The molecular formula is C18H25N3O3. The van der Waals surface area contributed by atoms with Gasteiger partial charge in [-0.05, 0) is 18.1 Å². The normalized spacial score (nSPS) is 16.0. The minimum Gasteiger partial charge on any atom is -0.344 e. The average molecular weight is 331 g/mol. The summed E-state index contributed by atoms with van der Waals surface area (Å²) in [6.07, 6.45) is 0. The van der Waals surface area contributed by atoms with Crippen LogP contribution in [0.4, 0.5) is 0 Å². The van der Waals surface area contributed by atoms with Crippen molar-refractivity contribution in [3.05, 3.63) is 35.9 Å². The van der Waals surface area contributed by atoms with E-state index in [-0.39, 0.29) is 23.6 Å². The summed E-state index contributed by atoms with van der Waals surface area (Å²) >= 11 is 0. The number of carbonyl (C=O) groups is 3. The van der Waals surface area contributed by atoms with E-state index < -0.39 is 6.04 Å². The van der Waals surface area contributed by atoms with Crippen molar-refractivity contribution >= 4 is 17.7 Å².